The normalized spacial score (nSPS) is 16.6. The highest BCUT2D eigenvalue weighted by Crippen LogP contribution is 2.18. The van der Waals surface area contributed by atoms with Crippen molar-refractivity contribution in [2.45, 2.75) is 12.8 Å². The van der Waals surface area contributed by atoms with Gasteiger partial charge in [0.05, 0.1) is 5.56 Å². The summed E-state index contributed by atoms with van der Waals surface area (Å²) in [6, 6.07) is 14.3. The molecule has 1 aliphatic heterocycles. The average molecular weight is 409 g/mol. The van der Waals surface area contributed by atoms with Crippen LogP contribution in [0.25, 0.3) is 0 Å². The molecule has 1 amide bonds. The average Bonchev–Trinajstić information content (AvgIpc) is 3.44. The molecule has 8 heteroatoms. The first-order valence-electron chi connectivity index (χ1n) is 9.80. The number of benzene rings is 1. The van der Waals surface area contributed by atoms with Crippen molar-refractivity contribution in [3.8, 4) is 0 Å². The summed E-state index contributed by atoms with van der Waals surface area (Å²) < 4.78 is 0. The van der Waals surface area contributed by atoms with Crippen LogP contribution in [0.15, 0.2) is 54.2 Å². The van der Waals surface area contributed by atoms with Gasteiger partial charge in [0.2, 0.25) is 5.13 Å². The summed E-state index contributed by atoms with van der Waals surface area (Å²) in [5.41, 5.74) is 3.47. The molecule has 0 aliphatic carbocycles. The second-order valence-electron chi connectivity index (χ2n) is 7.20. The Balaban J connectivity index is 1.20. The van der Waals surface area contributed by atoms with Crippen LogP contribution < -0.4 is 10.6 Å². The summed E-state index contributed by atoms with van der Waals surface area (Å²) in [5.74, 6) is 1.18. The van der Waals surface area contributed by atoms with Crippen LogP contribution in [0.1, 0.15) is 22.3 Å². The minimum Gasteiger partial charge on any atom is -0.370 e. The molecular formula is C21H24N6OS. The maximum absolute atomic E-state index is 12.2. The second-order valence-corrected chi connectivity index (χ2v) is 8.04. The summed E-state index contributed by atoms with van der Waals surface area (Å²) in [7, 11) is 0. The molecule has 2 N–H and O–H groups in total. The quantitative estimate of drug-likeness (QED) is 0.596. The summed E-state index contributed by atoms with van der Waals surface area (Å²) in [4.78, 5) is 19.1. The Morgan fingerprint density at radius 1 is 1.21 bits per heavy atom. The fourth-order valence-electron chi connectivity index (χ4n) is 3.49. The highest BCUT2D eigenvalue weighted by molar-refractivity contribution is 7.13. The molecule has 4 rings (SSSR count). The van der Waals surface area contributed by atoms with Gasteiger partial charge in [-0.1, -0.05) is 41.7 Å². The molecule has 0 saturated carbocycles. The lowest BCUT2D eigenvalue weighted by Gasteiger charge is -2.16. The lowest BCUT2D eigenvalue weighted by atomic mass is 10.1. The van der Waals surface area contributed by atoms with Gasteiger partial charge in [-0.2, -0.15) is 0 Å². The topological polar surface area (TPSA) is 83.0 Å². The smallest absolute Gasteiger partial charge is 0.259 e. The van der Waals surface area contributed by atoms with Gasteiger partial charge in [-0.15, -0.1) is 10.2 Å². The zero-order valence-corrected chi connectivity index (χ0v) is 16.9. The first-order chi connectivity index (χ1) is 14.3. The fourth-order valence-corrected chi connectivity index (χ4v) is 3.93. The number of nitrogens with one attached hydrogen (secondary N) is 2. The SMILES string of the molecule is O=C(Nc1nncs1)c1ccc(NCC2CCN(CCc3ccccc3)C2)nc1. The van der Waals surface area contributed by atoms with E-state index in [1.807, 2.05) is 6.07 Å². The van der Waals surface area contributed by atoms with E-state index < -0.39 is 0 Å². The molecule has 1 unspecified atom stereocenters. The third-order valence-electron chi connectivity index (χ3n) is 5.11. The van der Waals surface area contributed by atoms with Gasteiger partial charge in [-0.05, 0) is 43.0 Å². The third kappa shape index (κ3) is 5.58. The van der Waals surface area contributed by atoms with E-state index in [1.165, 1.54) is 23.3 Å². The van der Waals surface area contributed by atoms with Crippen LogP contribution in [-0.2, 0) is 6.42 Å². The zero-order valence-electron chi connectivity index (χ0n) is 16.1. The molecule has 1 atom stereocenters. The van der Waals surface area contributed by atoms with Crippen molar-refractivity contribution in [1.29, 1.82) is 0 Å². The lowest BCUT2D eigenvalue weighted by Crippen LogP contribution is -2.25. The van der Waals surface area contributed by atoms with Crippen molar-refractivity contribution in [2.24, 2.45) is 5.92 Å². The van der Waals surface area contributed by atoms with Gasteiger partial charge in [-0.25, -0.2) is 4.98 Å². The number of anilines is 2. The van der Waals surface area contributed by atoms with E-state index in [2.05, 4.69) is 61.0 Å². The molecule has 3 aromatic rings. The van der Waals surface area contributed by atoms with Crippen LogP contribution in [0, 0.1) is 5.92 Å². The van der Waals surface area contributed by atoms with Gasteiger partial charge in [0.15, 0.2) is 0 Å². The third-order valence-corrected chi connectivity index (χ3v) is 5.71. The number of hydrogen-bond acceptors (Lipinski definition) is 7. The van der Waals surface area contributed by atoms with Gasteiger partial charge in [0.25, 0.3) is 5.91 Å². The monoisotopic (exact) mass is 408 g/mol. The molecule has 0 bridgehead atoms. The number of aromatic nitrogens is 3. The molecule has 0 spiro atoms. The van der Waals surface area contributed by atoms with Crippen LogP contribution in [0.2, 0.25) is 0 Å². The molecule has 7 nitrogen and oxygen atoms in total. The van der Waals surface area contributed by atoms with E-state index in [9.17, 15) is 4.79 Å². The van der Waals surface area contributed by atoms with E-state index in [0.29, 0.717) is 16.6 Å². The molecular weight excluding hydrogens is 384 g/mol. The minimum atomic E-state index is -0.231. The predicted octanol–water partition coefficient (Wildman–Crippen LogP) is 3.16. The Hall–Kier alpha value is -2.84. The van der Waals surface area contributed by atoms with E-state index in [0.717, 1.165) is 38.4 Å². The number of carbonyl (C=O) groups excluding carboxylic acids is 1. The maximum Gasteiger partial charge on any atom is 0.259 e. The van der Waals surface area contributed by atoms with Crippen LogP contribution in [0.4, 0.5) is 10.9 Å². The maximum atomic E-state index is 12.2. The van der Waals surface area contributed by atoms with Crippen molar-refractivity contribution in [2.75, 3.05) is 36.8 Å². The van der Waals surface area contributed by atoms with E-state index in [-0.39, 0.29) is 5.91 Å². The number of likely N-dealkylation sites (tertiary alicyclic amines) is 1. The minimum absolute atomic E-state index is 0.231. The molecule has 1 aliphatic rings. The standard InChI is InChI=1S/C21H24N6OS/c28-20(25-21-26-24-15-29-21)18-6-7-19(23-13-18)22-12-17-9-11-27(14-17)10-8-16-4-2-1-3-5-16/h1-7,13,15,17H,8-12,14H2,(H,22,23)(H,25,26,28). The van der Waals surface area contributed by atoms with Gasteiger partial charge in [0.1, 0.15) is 11.3 Å². The van der Waals surface area contributed by atoms with Crippen LogP contribution >= 0.6 is 11.3 Å². The molecule has 3 heterocycles. The Morgan fingerprint density at radius 3 is 2.86 bits per heavy atom. The molecule has 150 valence electrons. The van der Waals surface area contributed by atoms with Crippen molar-refractivity contribution in [3.05, 3.63) is 65.3 Å². The Bertz CT molecular complexity index is 901. The first kappa shape index (κ1) is 19.5. The second kappa shape index (κ2) is 9.58. The molecule has 1 fully saturated rings. The molecule has 1 saturated heterocycles. The molecule has 0 radical (unpaired) electrons. The Labute approximate surface area is 174 Å². The fraction of sp³-hybridized carbons (Fsp3) is 0.333. The van der Waals surface area contributed by atoms with Crippen molar-refractivity contribution in [3.63, 3.8) is 0 Å². The van der Waals surface area contributed by atoms with Crippen molar-refractivity contribution >= 4 is 28.2 Å². The first-order valence-corrected chi connectivity index (χ1v) is 10.7. The number of amides is 1. The van der Waals surface area contributed by atoms with Crippen LogP contribution in [0.5, 0.6) is 0 Å². The Kier molecular flexibility index (Phi) is 6.43. The van der Waals surface area contributed by atoms with Crippen molar-refractivity contribution < 1.29 is 4.79 Å². The number of carbonyl (C=O) groups is 1. The largest absolute Gasteiger partial charge is 0.370 e. The highest BCUT2D eigenvalue weighted by atomic mass is 32.1. The summed E-state index contributed by atoms with van der Waals surface area (Å²) in [6.07, 6.45) is 3.88. The van der Waals surface area contributed by atoms with E-state index in [4.69, 9.17) is 0 Å². The van der Waals surface area contributed by atoms with Crippen LogP contribution in [0.3, 0.4) is 0 Å². The highest BCUT2D eigenvalue weighted by Gasteiger charge is 2.22. The molecule has 2 aromatic heterocycles. The summed E-state index contributed by atoms with van der Waals surface area (Å²) >= 11 is 1.28. The van der Waals surface area contributed by atoms with Gasteiger partial charge < -0.3 is 10.2 Å². The molecule has 29 heavy (non-hydrogen) atoms. The number of pyridine rings is 1. The number of rotatable bonds is 8. The van der Waals surface area contributed by atoms with E-state index in [1.54, 1.807) is 17.8 Å². The molecule has 1 aromatic carbocycles. The van der Waals surface area contributed by atoms with Gasteiger partial charge >= 0.3 is 0 Å². The van der Waals surface area contributed by atoms with Gasteiger partial charge in [-0.3, -0.25) is 10.1 Å². The summed E-state index contributed by atoms with van der Waals surface area (Å²) in [6.45, 7) is 4.27. The lowest BCUT2D eigenvalue weighted by molar-refractivity contribution is 0.102. The number of hydrogen-bond donors (Lipinski definition) is 2. The number of nitrogens with zero attached hydrogens (tertiary/aromatic N) is 4. The summed E-state index contributed by atoms with van der Waals surface area (Å²) in [5, 5.41) is 14.1. The van der Waals surface area contributed by atoms with Crippen LogP contribution in [-0.4, -0.2) is 52.2 Å². The predicted molar refractivity (Wildman–Crippen MR) is 115 cm³/mol. The van der Waals surface area contributed by atoms with Gasteiger partial charge in [0, 0.05) is 25.8 Å². The van der Waals surface area contributed by atoms with E-state index >= 15 is 0 Å². The zero-order chi connectivity index (χ0) is 19.9. The van der Waals surface area contributed by atoms with Crippen molar-refractivity contribution in [1.82, 2.24) is 20.1 Å². The Morgan fingerprint density at radius 2 is 2.10 bits per heavy atom.